The van der Waals surface area contributed by atoms with E-state index in [2.05, 4.69) is 15.6 Å². The molecule has 28 heavy (non-hydrogen) atoms. The molecule has 0 aromatic heterocycles. The molecule has 2 rings (SSSR count). The van der Waals surface area contributed by atoms with Crippen LogP contribution in [0.4, 0.5) is 8.78 Å². The summed E-state index contributed by atoms with van der Waals surface area (Å²) in [6, 6.07) is 8.87. The lowest BCUT2D eigenvalue weighted by molar-refractivity contribution is -0.114. The third kappa shape index (κ3) is 4.70. The van der Waals surface area contributed by atoms with Gasteiger partial charge in [-0.05, 0) is 31.5 Å². The standard InChI is InChI=1S/C20H21F2N3O3/c1-12-7-5-8-14(19(25-27-4)20(26)23-3)15(12)11-28-24-13(2)18-16(21)9-6-10-17(18)22/h5-10H,11H2,1-4H3,(H,23,26)/b24-13+,25-19+. The first-order valence-electron chi connectivity index (χ1n) is 8.43. The Balaban J connectivity index is 2.32. The summed E-state index contributed by atoms with van der Waals surface area (Å²) in [6.45, 7) is 3.25. The van der Waals surface area contributed by atoms with Gasteiger partial charge in [0.2, 0.25) is 0 Å². The number of hydrogen-bond donors (Lipinski definition) is 1. The van der Waals surface area contributed by atoms with Crippen LogP contribution in [0, 0.1) is 18.6 Å². The minimum absolute atomic E-state index is 0.0326. The van der Waals surface area contributed by atoms with E-state index >= 15 is 0 Å². The average Bonchev–Trinajstić information content (AvgIpc) is 2.66. The molecule has 148 valence electrons. The number of amides is 1. The number of oxime groups is 2. The molecule has 0 heterocycles. The van der Waals surface area contributed by atoms with E-state index in [1.165, 1.54) is 27.1 Å². The number of carbonyl (C=O) groups is 1. The Kier molecular flexibility index (Phi) is 7.20. The van der Waals surface area contributed by atoms with Gasteiger partial charge < -0.3 is 15.0 Å². The first-order valence-corrected chi connectivity index (χ1v) is 8.43. The van der Waals surface area contributed by atoms with Gasteiger partial charge in [-0.3, -0.25) is 4.79 Å². The topological polar surface area (TPSA) is 72.3 Å². The summed E-state index contributed by atoms with van der Waals surface area (Å²) in [7, 11) is 2.82. The summed E-state index contributed by atoms with van der Waals surface area (Å²) in [6.07, 6.45) is 0. The molecular weight excluding hydrogens is 368 g/mol. The lowest BCUT2D eigenvalue weighted by Gasteiger charge is -2.13. The summed E-state index contributed by atoms with van der Waals surface area (Å²) in [5, 5.41) is 10.1. The number of likely N-dealkylation sites (N-methyl/N-ethyl adjacent to an activating group) is 1. The van der Waals surface area contributed by atoms with Crippen molar-refractivity contribution in [2.24, 2.45) is 10.3 Å². The SMILES string of the molecule is CNC(=O)/C(=N/OC)c1cccc(C)c1CO/N=C(\C)c1c(F)cccc1F. The Labute approximate surface area is 161 Å². The number of nitrogens with one attached hydrogen (secondary N) is 1. The van der Waals surface area contributed by atoms with Gasteiger partial charge in [-0.15, -0.1) is 0 Å². The van der Waals surface area contributed by atoms with Crippen LogP contribution in [0.3, 0.4) is 0 Å². The van der Waals surface area contributed by atoms with Crippen molar-refractivity contribution in [3.05, 3.63) is 70.3 Å². The third-order valence-electron chi connectivity index (χ3n) is 4.03. The molecule has 1 N–H and O–H groups in total. The van der Waals surface area contributed by atoms with Crippen LogP contribution in [-0.4, -0.2) is 31.5 Å². The second-order valence-corrected chi connectivity index (χ2v) is 5.85. The van der Waals surface area contributed by atoms with Gasteiger partial charge >= 0.3 is 0 Å². The van der Waals surface area contributed by atoms with E-state index in [9.17, 15) is 13.6 Å². The van der Waals surface area contributed by atoms with Gasteiger partial charge in [-0.2, -0.15) is 0 Å². The van der Waals surface area contributed by atoms with Gasteiger partial charge in [0.1, 0.15) is 25.4 Å². The zero-order chi connectivity index (χ0) is 20.7. The zero-order valence-corrected chi connectivity index (χ0v) is 16.0. The third-order valence-corrected chi connectivity index (χ3v) is 4.03. The van der Waals surface area contributed by atoms with Crippen molar-refractivity contribution in [3.8, 4) is 0 Å². The monoisotopic (exact) mass is 389 g/mol. The number of aryl methyl sites for hydroxylation is 1. The molecule has 8 heteroatoms. The average molecular weight is 389 g/mol. The quantitative estimate of drug-likeness (QED) is 0.583. The van der Waals surface area contributed by atoms with E-state index in [1.807, 2.05) is 13.0 Å². The smallest absolute Gasteiger partial charge is 0.273 e. The van der Waals surface area contributed by atoms with Crippen molar-refractivity contribution < 1.29 is 23.3 Å². The zero-order valence-electron chi connectivity index (χ0n) is 16.0. The van der Waals surface area contributed by atoms with Crippen molar-refractivity contribution >= 4 is 17.3 Å². The maximum atomic E-state index is 13.8. The molecule has 0 bridgehead atoms. The molecular formula is C20H21F2N3O3. The van der Waals surface area contributed by atoms with Crippen LogP contribution in [0.15, 0.2) is 46.7 Å². The number of rotatable bonds is 7. The van der Waals surface area contributed by atoms with Gasteiger partial charge in [0.25, 0.3) is 5.91 Å². The Morgan fingerprint density at radius 1 is 1.11 bits per heavy atom. The highest BCUT2D eigenvalue weighted by Crippen LogP contribution is 2.18. The predicted molar refractivity (Wildman–Crippen MR) is 102 cm³/mol. The normalized spacial score (nSPS) is 11.9. The number of carbonyl (C=O) groups excluding carboxylic acids is 1. The second kappa shape index (κ2) is 9.59. The number of hydrogen-bond acceptors (Lipinski definition) is 5. The molecule has 2 aromatic rings. The summed E-state index contributed by atoms with van der Waals surface area (Å²) >= 11 is 0. The summed E-state index contributed by atoms with van der Waals surface area (Å²) in [5.41, 5.74) is 1.86. The van der Waals surface area contributed by atoms with Crippen LogP contribution in [0.5, 0.6) is 0 Å². The largest absolute Gasteiger partial charge is 0.398 e. The maximum absolute atomic E-state index is 13.8. The Hall–Kier alpha value is -3.29. The van der Waals surface area contributed by atoms with Gasteiger partial charge in [0.05, 0.1) is 11.3 Å². The molecule has 0 unspecified atom stereocenters. The van der Waals surface area contributed by atoms with Gasteiger partial charge in [-0.25, -0.2) is 8.78 Å². The predicted octanol–water partition coefficient (Wildman–Crippen LogP) is 3.31. The lowest BCUT2D eigenvalue weighted by atomic mass is 9.98. The van der Waals surface area contributed by atoms with Crippen molar-refractivity contribution in [1.29, 1.82) is 0 Å². The van der Waals surface area contributed by atoms with Crippen LogP contribution < -0.4 is 5.32 Å². The molecule has 0 aliphatic carbocycles. The summed E-state index contributed by atoms with van der Waals surface area (Å²) in [5.74, 6) is -1.88. The fourth-order valence-electron chi connectivity index (χ4n) is 2.62. The minimum atomic E-state index is -0.726. The number of nitrogens with zero attached hydrogens (tertiary/aromatic N) is 2. The molecule has 2 aromatic carbocycles. The van der Waals surface area contributed by atoms with E-state index in [4.69, 9.17) is 9.68 Å². The Morgan fingerprint density at radius 2 is 1.75 bits per heavy atom. The summed E-state index contributed by atoms with van der Waals surface area (Å²) in [4.78, 5) is 22.2. The molecule has 0 aliphatic rings. The lowest BCUT2D eigenvalue weighted by Crippen LogP contribution is -2.29. The highest BCUT2D eigenvalue weighted by Gasteiger charge is 2.19. The molecule has 0 saturated heterocycles. The fraction of sp³-hybridized carbons (Fsp3) is 0.250. The molecule has 0 fully saturated rings. The molecule has 0 aliphatic heterocycles. The van der Waals surface area contributed by atoms with Gasteiger partial charge in [-0.1, -0.05) is 34.6 Å². The molecule has 6 nitrogen and oxygen atoms in total. The van der Waals surface area contributed by atoms with Crippen molar-refractivity contribution in [2.75, 3.05) is 14.2 Å². The molecule has 0 atom stereocenters. The van der Waals surface area contributed by atoms with Crippen molar-refractivity contribution in [1.82, 2.24) is 5.32 Å². The number of benzene rings is 2. The van der Waals surface area contributed by atoms with Crippen molar-refractivity contribution in [2.45, 2.75) is 20.5 Å². The van der Waals surface area contributed by atoms with E-state index in [0.717, 1.165) is 17.7 Å². The van der Waals surface area contributed by atoms with Crippen LogP contribution in [0.1, 0.15) is 29.2 Å². The molecule has 0 saturated carbocycles. The first kappa shape index (κ1) is 21.0. The summed E-state index contributed by atoms with van der Waals surface area (Å²) < 4.78 is 27.7. The minimum Gasteiger partial charge on any atom is -0.398 e. The fourth-order valence-corrected chi connectivity index (χ4v) is 2.62. The molecule has 0 spiro atoms. The molecule has 0 radical (unpaired) electrons. The van der Waals surface area contributed by atoms with E-state index in [0.29, 0.717) is 11.1 Å². The van der Waals surface area contributed by atoms with Crippen LogP contribution >= 0.6 is 0 Å². The van der Waals surface area contributed by atoms with Crippen LogP contribution in [0.2, 0.25) is 0 Å². The first-order chi connectivity index (χ1) is 13.4. The second-order valence-electron chi connectivity index (χ2n) is 5.85. The van der Waals surface area contributed by atoms with E-state index in [-0.39, 0.29) is 23.6 Å². The highest BCUT2D eigenvalue weighted by molar-refractivity contribution is 6.45. The van der Waals surface area contributed by atoms with E-state index in [1.54, 1.807) is 12.1 Å². The van der Waals surface area contributed by atoms with Crippen molar-refractivity contribution in [3.63, 3.8) is 0 Å². The van der Waals surface area contributed by atoms with Crippen LogP contribution in [0.25, 0.3) is 0 Å². The Bertz CT molecular complexity index is 907. The van der Waals surface area contributed by atoms with Crippen LogP contribution in [-0.2, 0) is 21.1 Å². The number of halogens is 2. The molecule has 1 amide bonds. The van der Waals surface area contributed by atoms with Gasteiger partial charge in [0.15, 0.2) is 5.71 Å². The highest BCUT2D eigenvalue weighted by atomic mass is 19.1. The van der Waals surface area contributed by atoms with Gasteiger partial charge in [0, 0.05) is 18.2 Å². The Morgan fingerprint density at radius 3 is 2.36 bits per heavy atom. The maximum Gasteiger partial charge on any atom is 0.273 e. The van der Waals surface area contributed by atoms with E-state index < -0.39 is 17.5 Å².